The Bertz CT molecular complexity index is 636. The Morgan fingerprint density at radius 3 is 2.54 bits per heavy atom. The first-order valence-electron chi connectivity index (χ1n) is 8.48. The third kappa shape index (κ3) is 3.94. The van der Waals surface area contributed by atoms with Crippen LogP contribution in [0.15, 0.2) is 30.5 Å². The second-order valence-electron chi connectivity index (χ2n) is 6.27. The lowest BCUT2D eigenvalue weighted by atomic mass is 10.1. The van der Waals surface area contributed by atoms with Gasteiger partial charge in [-0.05, 0) is 36.6 Å². The molecule has 0 saturated carbocycles. The zero-order valence-corrected chi connectivity index (χ0v) is 13.9. The van der Waals surface area contributed by atoms with Gasteiger partial charge in [0, 0.05) is 56.1 Å². The molecule has 4 rings (SSSR count). The summed E-state index contributed by atoms with van der Waals surface area (Å²) in [5.74, 6) is 0.170. The molecule has 1 aromatic carbocycles. The molecule has 0 aromatic heterocycles. The molecular weight excluding hydrogens is 304 g/mol. The molecule has 0 aliphatic carbocycles. The molecular formula is C18H24N4O2. The molecule has 2 amide bonds. The predicted molar refractivity (Wildman–Crippen MR) is 93.8 cm³/mol. The monoisotopic (exact) mass is 328 g/mol. The van der Waals surface area contributed by atoms with Gasteiger partial charge in [-0.2, -0.15) is 0 Å². The van der Waals surface area contributed by atoms with E-state index in [0.717, 1.165) is 55.8 Å². The van der Waals surface area contributed by atoms with E-state index in [4.69, 9.17) is 0 Å². The molecule has 0 bridgehead atoms. The predicted octanol–water partition coefficient (Wildman–Crippen LogP) is 1.14. The van der Waals surface area contributed by atoms with E-state index in [9.17, 15) is 9.59 Å². The SMILES string of the molecule is C=C1CCCC(=O)N1.O=C1NCc2cc(N3CCNCC3)ccc21. The number of hydrogen-bond donors (Lipinski definition) is 3. The van der Waals surface area contributed by atoms with Gasteiger partial charge in [0.1, 0.15) is 0 Å². The summed E-state index contributed by atoms with van der Waals surface area (Å²) in [4.78, 5) is 24.3. The molecule has 3 N–H and O–H groups in total. The zero-order chi connectivity index (χ0) is 16.9. The highest BCUT2D eigenvalue weighted by atomic mass is 16.2. The minimum atomic E-state index is 0.0573. The van der Waals surface area contributed by atoms with Crippen LogP contribution in [0, 0.1) is 0 Å². The molecule has 128 valence electrons. The Balaban J connectivity index is 0.000000179. The minimum absolute atomic E-state index is 0.0573. The van der Waals surface area contributed by atoms with Gasteiger partial charge in [-0.15, -0.1) is 0 Å². The highest BCUT2D eigenvalue weighted by Gasteiger charge is 2.20. The molecule has 6 nitrogen and oxygen atoms in total. The van der Waals surface area contributed by atoms with Crippen molar-refractivity contribution in [2.75, 3.05) is 31.1 Å². The maximum absolute atomic E-state index is 11.4. The van der Waals surface area contributed by atoms with E-state index in [0.29, 0.717) is 13.0 Å². The number of fused-ring (bicyclic) bond motifs is 1. The molecule has 6 heteroatoms. The van der Waals surface area contributed by atoms with Gasteiger partial charge in [0.25, 0.3) is 5.91 Å². The summed E-state index contributed by atoms with van der Waals surface area (Å²) >= 11 is 0. The summed E-state index contributed by atoms with van der Waals surface area (Å²) in [6, 6.07) is 6.13. The molecule has 1 aromatic rings. The molecule has 2 saturated heterocycles. The van der Waals surface area contributed by atoms with Crippen molar-refractivity contribution in [3.05, 3.63) is 41.6 Å². The lowest BCUT2D eigenvalue weighted by molar-refractivity contribution is -0.121. The van der Waals surface area contributed by atoms with E-state index in [1.54, 1.807) is 0 Å². The number of amides is 2. The number of nitrogens with zero attached hydrogens (tertiary/aromatic N) is 1. The lowest BCUT2D eigenvalue weighted by Crippen LogP contribution is -2.43. The van der Waals surface area contributed by atoms with Crippen molar-refractivity contribution >= 4 is 17.5 Å². The Morgan fingerprint density at radius 2 is 1.88 bits per heavy atom. The summed E-state index contributed by atoms with van der Waals surface area (Å²) in [6.07, 6.45) is 2.58. The summed E-state index contributed by atoms with van der Waals surface area (Å²) < 4.78 is 0. The van der Waals surface area contributed by atoms with Crippen LogP contribution in [0.25, 0.3) is 0 Å². The molecule has 3 aliphatic heterocycles. The van der Waals surface area contributed by atoms with Crippen molar-refractivity contribution in [3.63, 3.8) is 0 Å². The van der Waals surface area contributed by atoms with Crippen molar-refractivity contribution in [2.24, 2.45) is 0 Å². The molecule has 0 unspecified atom stereocenters. The maximum Gasteiger partial charge on any atom is 0.251 e. The van der Waals surface area contributed by atoms with E-state index in [2.05, 4.69) is 39.6 Å². The van der Waals surface area contributed by atoms with Crippen LogP contribution in [-0.4, -0.2) is 38.0 Å². The first kappa shape index (κ1) is 16.5. The van der Waals surface area contributed by atoms with Crippen LogP contribution in [-0.2, 0) is 11.3 Å². The van der Waals surface area contributed by atoms with Gasteiger partial charge < -0.3 is 20.9 Å². The van der Waals surface area contributed by atoms with E-state index < -0.39 is 0 Å². The fourth-order valence-corrected chi connectivity index (χ4v) is 3.12. The van der Waals surface area contributed by atoms with Gasteiger partial charge >= 0.3 is 0 Å². The summed E-state index contributed by atoms with van der Waals surface area (Å²) in [5, 5.41) is 8.83. The highest BCUT2D eigenvalue weighted by molar-refractivity contribution is 5.98. The fraction of sp³-hybridized carbons (Fsp3) is 0.444. The number of piperazine rings is 1. The van der Waals surface area contributed by atoms with E-state index in [1.165, 1.54) is 5.69 Å². The number of carbonyl (C=O) groups excluding carboxylic acids is 2. The van der Waals surface area contributed by atoms with Crippen LogP contribution in [0.3, 0.4) is 0 Å². The standard InChI is InChI=1S/C12H15N3O.C6H9NO/c16-12-11-2-1-10(7-9(11)8-14-12)15-5-3-13-4-6-15;1-5-3-2-4-6(8)7-5/h1-2,7,13H,3-6,8H2,(H,14,16);1-4H2,(H,7,8). The number of anilines is 1. The number of nitrogens with one attached hydrogen (secondary N) is 3. The van der Waals surface area contributed by atoms with Crippen LogP contribution >= 0.6 is 0 Å². The third-order valence-electron chi connectivity index (χ3n) is 4.45. The van der Waals surface area contributed by atoms with Gasteiger partial charge in [0.15, 0.2) is 0 Å². The fourth-order valence-electron chi connectivity index (χ4n) is 3.12. The van der Waals surface area contributed by atoms with E-state index in [1.807, 2.05) is 6.07 Å². The van der Waals surface area contributed by atoms with Gasteiger partial charge in [-0.3, -0.25) is 9.59 Å². The average Bonchev–Trinajstić information content (AvgIpc) is 2.97. The zero-order valence-electron chi connectivity index (χ0n) is 13.9. The number of rotatable bonds is 1. The average molecular weight is 328 g/mol. The smallest absolute Gasteiger partial charge is 0.251 e. The first-order chi connectivity index (χ1) is 11.6. The second-order valence-corrected chi connectivity index (χ2v) is 6.27. The Hall–Kier alpha value is -2.34. The van der Waals surface area contributed by atoms with Gasteiger partial charge in [-0.1, -0.05) is 6.58 Å². The molecule has 0 atom stereocenters. The molecule has 3 aliphatic rings. The van der Waals surface area contributed by atoms with Crippen LogP contribution in [0.1, 0.15) is 35.2 Å². The number of benzene rings is 1. The van der Waals surface area contributed by atoms with Crippen molar-refractivity contribution < 1.29 is 9.59 Å². The van der Waals surface area contributed by atoms with Crippen LogP contribution in [0.2, 0.25) is 0 Å². The quantitative estimate of drug-likeness (QED) is 0.723. The van der Waals surface area contributed by atoms with Crippen molar-refractivity contribution in [1.82, 2.24) is 16.0 Å². The molecule has 24 heavy (non-hydrogen) atoms. The van der Waals surface area contributed by atoms with E-state index in [-0.39, 0.29) is 11.8 Å². The number of allylic oxidation sites excluding steroid dienone is 1. The van der Waals surface area contributed by atoms with Crippen LogP contribution in [0.5, 0.6) is 0 Å². The maximum atomic E-state index is 11.4. The lowest BCUT2D eigenvalue weighted by Gasteiger charge is -2.29. The summed E-state index contributed by atoms with van der Waals surface area (Å²) in [6.45, 7) is 8.46. The Labute approximate surface area is 142 Å². The van der Waals surface area contributed by atoms with E-state index >= 15 is 0 Å². The summed E-state index contributed by atoms with van der Waals surface area (Å²) in [7, 11) is 0. The normalized spacial score (nSPS) is 19.8. The second kappa shape index (κ2) is 7.49. The number of hydrogen-bond acceptors (Lipinski definition) is 4. The van der Waals surface area contributed by atoms with Gasteiger partial charge in [-0.25, -0.2) is 0 Å². The van der Waals surface area contributed by atoms with Crippen molar-refractivity contribution in [1.29, 1.82) is 0 Å². The van der Waals surface area contributed by atoms with Crippen molar-refractivity contribution in [3.8, 4) is 0 Å². The molecule has 0 spiro atoms. The van der Waals surface area contributed by atoms with Crippen LogP contribution in [0.4, 0.5) is 5.69 Å². The number of piperidine rings is 1. The largest absolute Gasteiger partial charge is 0.369 e. The number of carbonyl (C=O) groups is 2. The Morgan fingerprint density at radius 1 is 1.08 bits per heavy atom. The van der Waals surface area contributed by atoms with Crippen molar-refractivity contribution in [2.45, 2.75) is 25.8 Å². The van der Waals surface area contributed by atoms with Gasteiger partial charge in [0.05, 0.1) is 0 Å². The molecule has 0 radical (unpaired) electrons. The molecule has 3 heterocycles. The topological polar surface area (TPSA) is 73.5 Å². The van der Waals surface area contributed by atoms with Crippen LogP contribution < -0.4 is 20.9 Å². The third-order valence-corrected chi connectivity index (χ3v) is 4.45. The first-order valence-corrected chi connectivity index (χ1v) is 8.48. The minimum Gasteiger partial charge on any atom is -0.369 e. The Kier molecular flexibility index (Phi) is 5.15. The summed E-state index contributed by atoms with van der Waals surface area (Å²) in [5.41, 5.74) is 4.05. The highest BCUT2D eigenvalue weighted by Crippen LogP contribution is 2.23. The molecule has 2 fully saturated rings. The van der Waals surface area contributed by atoms with Gasteiger partial charge in [0.2, 0.25) is 5.91 Å².